The maximum Gasteiger partial charge on any atom is 0.197 e. The zero-order valence-corrected chi connectivity index (χ0v) is 7.87. The highest BCUT2D eigenvalue weighted by Gasteiger charge is 2.15. The summed E-state index contributed by atoms with van der Waals surface area (Å²) in [7, 11) is 0. The molecule has 78 valence electrons. The van der Waals surface area contributed by atoms with Crippen molar-refractivity contribution in [1.82, 2.24) is 0 Å². The van der Waals surface area contributed by atoms with Gasteiger partial charge in [-0.25, -0.2) is 0 Å². The molecule has 1 aromatic rings. The summed E-state index contributed by atoms with van der Waals surface area (Å²) >= 11 is 0. The van der Waals surface area contributed by atoms with Crippen LogP contribution in [0.2, 0.25) is 0 Å². The van der Waals surface area contributed by atoms with E-state index in [1.54, 1.807) is 29.3 Å². The molecule has 1 aliphatic heterocycles. The molecule has 1 heterocycles. The van der Waals surface area contributed by atoms with Crippen LogP contribution in [0.25, 0.3) is 0 Å². The third-order valence-electron chi connectivity index (χ3n) is 2.14. The first kappa shape index (κ1) is 9.82. The van der Waals surface area contributed by atoms with Gasteiger partial charge in [-0.2, -0.15) is 5.10 Å². The summed E-state index contributed by atoms with van der Waals surface area (Å²) in [6.45, 7) is 0.237. The fourth-order valence-electron chi connectivity index (χ4n) is 1.34. The number of hydrazone groups is 1. The number of hydrogen-bond donors (Lipinski definition) is 2. The number of aliphatic hydroxyl groups is 2. The van der Waals surface area contributed by atoms with Crippen LogP contribution in [-0.2, 0) is 4.79 Å². The van der Waals surface area contributed by atoms with Gasteiger partial charge in [0, 0.05) is 5.56 Å². The highest BCUT2D eigenvalue weighted by Crippen LogP contribution is 2.19. The number of rotatable bonds is 2. The molecule has 0 saturated heterocycles. The van der Waals surface area contributed by atoms with Gasteiger partial charge in [-0.15, -0.1) is 0 Å². The molecule has 0 fully saturated rings. The fourth-order valence-corrected chi connectivity index (χ4v) is 1.34. The minimum Gasteiger partial charge on any atom is -0.364 e. The Balaban J connectivity index is 2.17. The van der Waals surface area contributed by atoms with Crippen molar-refractivity contribution in [1.29, 1.82) is 0 Å². The summed E-state index contributed by atoms with van der Waals surface area (Å²) < 4.78 is 0. The number of benzene rings is 1. The number of ketones is 1. The molecule has 0 bridgehead atoms. The first-order chi connectivity index (χ1) is 7.16. The average molecular weight is 206 g/mol. The second-order valence-electron chi connectivity index (χ2n) is 3.23. The Hall–Kier alpha value is -1.72. The minimum atomic E-state index is -1.47. The normalized spacial score (nSPS) is 15.4. The van der Waals surface area contributed by atoms with Gasteiger partial charge in [0.1, 0.15) is 6.54 Å². The molecule has 0 spiro atoms. The second kappa shape index (κ2) is 3.80. The van der Waals surface area contributed by atoms with Gasteiger partial charge < -0.3 is 10.2 Å². The van der Waals surface area contributed by atoms with Crippen LogP contribution < -0.4 is 5.01 Å². The Morgan fingerprint density at radius 3 is 2.40 bits per heavy atom. The van der Waals surface area contributed by atoms with E-state index in [1.807, 2.05) is 0 Å². The van der Waals surface area contributed by atoms with Crippen LogP contribution >= 0.6 is 0 Å². The summed E-state index contributed by atoms with van der Waals surface area (Å²) in [6.07, 6.45) is -0.197. The third-order valence-corrected chi connectivity index (χ3v) is 2.14. The van der Waals surface area contributed by atoms with Gasteiger partial charge in [-0.3, -0.25) is 9.80 Å². The van der Waals surface area contributed by atoms with Crippen LogP contribution in [0.3, 0.4) is 0 Å². The Kier molecular flexibility index (Phi) is 2.49. The predicted octanol–water partition coefficient (Wildman–Crippen LogP) is 0.0447. The molecule has 1 aliphatic rings. The van der Waals surface area contributed by atoms with E-state index in [4.69, 9.17) is 10.2 Å². The molecule has 0 atom stereocenters. The fraction of sp³-hybridized carbons (Fsp3) is 0.200. The van der Waals surface area contributed by atoms with Crippen LogP contribution in [0, 0.1) is 0 Å². The SMILES string of the molecule is O=C1C=NN(c2ccc(C(O)O)cc2)C1. The van der Waals surface area contributed by atoms with Crippen molar-refractivity contribution in [2.45, 2.75) is 6.29 Å². The van der Waals surface area contributed by atoms with Gasteiger partial charge in [-0.1, -0.05) is 12.1 Å². The molecule has 15 heavy (non-hydrogen) atoms. The van der Waals surface area contributed by atoms with Gasteiger partial charge >= 0.3 is 0 Å². The van der Waals surface area contributed by atoms with Crippen molar-refractivity contribution in [3.63, 3.8) is 0 Å². The van der Waals surface area contributed by atoms with Gasteiger partial charge in [0.05, 0.1) is 11.9 Å². The Bertz CT molecular complexity index is 398. The number of aliphatic hydroxyl groups excluding tert-OH is 1. The Labute approximate surface area is 86.3 Å². The summed E-state index contributed by atoms with van der Waals surface area (Å²) in [4.78, 5) is 10.9. The summed E-state index contributed by atoms with van der Waals surface area (Å²) in [5.74, 6) is -0.0405. The number of Topliss-reactive ketones (excluding diaryl/α,β-unsaturated/α-hetero) is 1. The molecule has 0 aromatic heterocycles. The molecule has 5 heteroatoms. The Morgan fingerprint density at radius 2 is 1.93 bits per heavy atom. The van der Waals surface area contributed by atoms with E-state index in [1.165, 1.54) is 6.21 Å². The number of anilines is 1. The molecule has 0 saturated carbocycles. The molecule has 0 aliphatic carbocycles. The van der Waals surface area contributed by atoms with Crippen molar-refractivity contribution in [3.05, 3.63) is 29.8 Å². The zero-order valence-electron chi connectivity index (χ0n) is 7.87. The largest absolute Gasteiger partial charge is 0.364 e. The lowest BCUT2D eigenvalue weighted by Gasteiger charge is -2.13. The highest BCUT2D eigenvalue weighted by atomic mass is 16.5. The Morgan fingerprint density at radius 1 is 1.27 bits per heavy atom. The van der Waals surface area contributed by atoms with E-state index in [0.717, 1.165) is 5.69 Å². The van der Waals surface area contributed by atoms with Gasteiger partial charge in [0.15, 0.2) is 12.1 Å². The second-order valence-corrected chi connectivity index (χ2v) is 3.23. The van der Waals surface area contributed by atoms with Crippen LogP contribution in [-0.4, -0.2) is 28.8 Å². The van der Waals surface area contributed by atoms with Crippen LogP contribution in [0.15, 0.2) is 29.4 Å². The first-order valence-corrected chi connectivity index (χ1v) is 4.47. The van der Waals surface area contributed by atoms with Gasteiger partial charge in [0.25, 0.3) is 0 Å². The van der Waals surface area contributed by atoms with Crippen molar-refractivity contribution < 1.29 is 15.0 Å². The molecule has 0 unspecified atom stereocenters. The van der Waals surface area contributed by atoms with Crippen LogP contribution in [0.5, 0.6) is 0 Å². The number of carbonyl (C=O) groups excluding carboxylic acids is 1. The topological polar surface area (TPSA) is 73.1 Å². The summed E-state index contributed by atoms with van der Waals surface area (Å²) in [5, 5.41) is 23.2. The van der Waals surface area contributed by atoms with Gasteiger partial charge in [0.2, 0.25) is 0 Å². The maximum atomic E-state index is 10.9. The molecule has 2 rings (SSSR count). The maximum absolute atomic E-state index is 10.9. The number of nitrogens with zero attached hydrogens (tertiary/aromatic N) is 2. The molecule has 1 aromatic carbocycles. The molecular formula is C10H10N2O3. The van der Waals surface area contributed by atoms with E-state index in [2.05, 4.69) is 5.10 Å². The quantitative estimate of drug-likeness (QED) is 0.670. The zero-order chi connectivity index (χ0) is 10.8. The van der Waals surface area contributed by atoms with Crippen molar-refractivity contribution in [3.8, 4) is 0 Å². The van der Waals surface area contributed by atoms with E-state index in [-0.39, 0.29) is 12.3 Å². The van der Waals surface area contributed by atoms with Crippen molar-refractivity contribution >= 4 is 17.7 Å². The molecular weight excluding hydrogens is 196 g/mol. The highest BCUT2D eigenvalue weighted by molar-refractivity contribution is 6.31. The first-order valence-electron chi connectivity index (χ1n) is 4.47. The molecule has 5 nitrogen and oxygen atoms in total. The lowest BCUT2D eigenvalue weighted by molar-refractivity contribution is -0.110. The smallest absolute Gasteiger partial charge is 0.197 e. The van der Waals surface area contributed by atoms with Crippen molar-refractivity contribution in [2.75, 3.05) is 11.6 Å². The average Bonchev–Trinajstić information content (AvgIpc) is 2.65. The standard InChI is InChI=1S/C10H10N2O3/c13-9-5-11-12(6-9)8-3-1-7(2-4-8)10(14)15/h1-5,10,14-15H,6H2. The number of hydrogen-bond acceptors (Lipinski definition) is 5. The third kappa shape index (κ3) is 2.03. The summed E-state index contributed by atoms with van der Waals surface area (Å²) in [5.41, 5.74) is 1.16. The van der Waals surface area contributed by atoms with Gasteiger partial charge in [-0.05, 0) is 12.1 Å². The van der Waals surface area contributed by atoms with Crippen LogP contribution in [0.4, 0.5) is 5.69 Å². The monoisotopic (exact) mass is 206 g/mol. The lowest BCUT2D eigenvalue weighted by Crippen LogP contribution is -2.16. The summed E-state index contributed by atoms with van der Waals surface area (Å²) in [6, 6.07) is 6.53. The number of carbonyl (C=O) groups is 1. The van der Waals surface area contributed by atoms with E-state index in [0.29, 0.717) is 5.56 Å². The van der Waals surface area contributed by atoms with E-state index in [9.17, 15) is 4.79 Å². The molecule has 2 N–H and O–H groups in total. The lowest BCUT2D eigenvalue weighted by atomic mass is 10.2. The van der Waals surface area contributed by atoms with Crippen LogP contribution in [0.1, 0.15) is 11.9 Å². The molecule has 0 amide bonds. The molecule has 0 radical (unpaired) electrons. The van der Waals surface area contributed by atoms with E-state index < -0.39 is 6.29 Å². The minimum absolute atomic E-state index is 0.0405. The predicted molar refractivity (Wildman–Crippen MR) is 54.5 cm³/mol. The van der Waals surface area contributed by atoms with E-state index >= 15 is 0 Å². The van der Waals surface area contributed by atoms with Crippen molar-refractivity contribution in [2.24, 2.45) is 5.10 Å².